The molecule has 3 heterocycles. The van der Waals surface area contributed by atoms with E-state index in [9.17, 15) is 24.1 Å². The van der Waals surface area contributed by atoms with Crippen LogP contribution in [0.25, 0.3) is 0 Å². The van der Waals surface area contributed by atoms with Crippen LogP contribution in [0.4, 0.5) is 8.78 Å². The number of likely N-dealkylation sites (N-methyl/N-ethyl adjacent to an activating group) is 1. The monoisotopic (exact) mass is 700 g/mol. The largest absolute Gasteiger partial charge is 0.489 e. The Morgan fingerprint density at radius 2 is 1.82 bits per heavy atom. The van der Waals surface area contributed by atoms with E-state index in [4.69, 9.17) is 14.2 Å². The number of aliphatic hydroxyl groups is 3. The number of aliphatic hydroxyl groups excluding tert-OH is 3. The zero-order valence-electron chi connectivity index (χ0n) is 28.5. The highest BCUT2D eigenvalue weighted by Gasteiger charge is 2.44. The topological polar surface area (TPSA) is 104 Å². The van der Waals surface area contributed by atoms with Gasteiger partial charge in [0.2, 0.25) is 0 Å². The molecular weight excluding hydrogens is 650 g/mol. The smallest absolute Gasteiger partial charge is 0.132 e. The first-order valence-corrected chi connectivity index (χ1v) is 18.9. The summed E-state index contributed by atoms with van der Waals surface area (Å²) in [6.45, 7) is 6.98. The lowest BCUT2D eigenvalue weighted by molar-refractivity contribution is -0.200. The summed E-state index contributed by atoms with van der Waals surface area (Å²) in [6, 6.07) is 14.3. The van der Waals surface area contributed by atoms with Crippen molar-refractivity contribution >= 4 is 11.8 Å². The van der Waals surface area contributed by atoms with Crippen molar-refractivity contribution < 1.29 is 38.3 Å². The molecule has 8 nitrogen and oxygen atoms in total. The van der Waals surface area contributed by atoms with Crippen LogP contribution < -0.4 is 10.1 Å². The standard InChI is InChI=1S/C38H50F2N2O6S/c1-4-23-8-9-24(36-34(44)33(43)35(45)38(48-36)49-3)17-25(23)16-22-6-11-28(12-7-22)47-29-14-15-42(20-29)27-19-32(41-5-2)37(46-21-27)30-18-26(39)10-13-31(30)40/h6-13,17,26-27,29,32-38,41,43-45H,4-5,14-16,18-21H2,1-3H3/t26?,27-,29-,32?,33+,34+,35-,36-,37+,38+/m0/s1. The number of benzene rings is 2. The van der Waals surface area contributed by atoms with E-state index in [2.05, 4.69) is 35.3 Å². The second-order valence-corrected chi connectivity index (χ2v) is 14.6. The summed E-state index contributed by atoms with van der Waals surface area (Å²) in [5.74, 6) is 0.439. The third-order valence-corrected chi connectivity index (χ3v) is 11.3. The molecule has 0 radical (unpaired) electrons. The van der Waals surface area contributed by atoms with E-state index in [0.717, 1.165) is 61.3 Å². The van der Waals surface area contributed by atoms with Gasteiger partial charge in [0.15, 0.2) is 0 Å². The Morgan fingerprint density at radius 1 is 1.02 bits per heavy atom. The maximum atomic E-state index is 14.7. The molecule has 2 aromatic carbocycles. The van der Waals surface area contributed by atoms with Crippen LogP contribution in [-0.2, 0) is 22.3 Å². The highest BCUT2D eigenvalue weighted by Crippen LogP contribution is 2.37. The average Bonchev–Trinajstić information content (AvgIpc) is 3.58. The minimum Gasteiger partial charge on any atom is -0.489 e. The number of halogens is 2. The Bertz CT molecular complexity index is 1470. The van der Waals surface area contributed by atoms with Crippen LogP contribution in [0.15, 0.2) is 66.0 Å². The van der Waals surface area contributed by atoms with E-state index in [-0.39, 0.29) is 30.4 Å². The highest BCUT2D eigenvalue weighted by molar-refractivity contribution is 7.99. The summed E-state index contributed by atoms with van der Waals surface area (Å²) in [5.41, 5.74) is 4.00. The van der Waals surface area contributed by atoms with E-state index in [1.54, 1.807) is 6.26 Å². The molecule has 11 heteroatoms. The van der Waals surface area contributed by atoms with Crippen LogP contribution in [0.5, 0.6) is 5.75 Å². The summed E-state index contributed by atoms with van der Waals surface area (Å²) in [6.07, 6.45) is 1.56. The Balaban J connectivity index is 1.05. The molecule has 3 aliphatic heterocycles. The zero-order chi connectivity index (χ0) is 34.7. The van der Waals surface area contributed by atoms with Gasteiger partial charge in [0.05, 0.1) is 12.7 Å². The first kappa shape index (κ1) is 36.4. The van der Waals surface area contributed by atoms with Crippen LogP contribution >= 0.6 is 11.8 Å². The molecule has 3 fully saturated rings. The molecule has 0 amide bonds. The van der Waals surface area contributed by atoms with Crippen LogP contribution in [0.1, 0.15) is 61.5 Å². The van der Waals surface area contributed by atoms with E-state index < -0.39 is 42.1 Å². The minimum atomic E-state index is -1.29. The van der Waals surface area contributed by atoms with Gasteiger partial charge in [-0.15, -0.1) is 11.8 Å². The fourth-order valence-corrected chi connectivity index (χ4v) is 8.39. The third-order valence-electron chi connectivity index (χ3n) is 10.4. The molecule has 2 aromatic rings. The molecule has 6 rings (SSSR count). The van der Waals surface area contributed by atoms with Crippen molar-refractivity contribution in [3.8, 4) is 5.75 Å². The lowest BCUT2D eigenvalue weighted by Gasteiger charge is -2.41. The van der Waals surface area contributed by atoms with Gasteiger partial charge in [-0.1, -0.05) is 44.2 Å². The van der Waals surface area contributed by atoms with Gasteiger partial charge in [-0.25, -0.2) is 8.78 Å². The van der Waals surface area contributed by atoms with Gasteiger partial charge in [-0.05, 0) is 90.6 Å². The van der Waals surface area contributed by atoms with Gasteiger partial charge >= 0.3 is 0 Å². The van der Waals surface area contributed by atoms with Crippen LogP contribution in [0.3, 0.4) is 0 Å². The zero-order valence-corrected chi connectivity index (χ0v) is 29.3. The molecular formula is C38H50F2N2O6S. The van der Waals surface area contributed by atoms with E-state index in [0.29, 0.717) is 18.6 Å². The summed E-state index contributed by atoms with van der Waals surface area (Å²) in [4.78, 5) is 2.40. The van der Waals surface area contributed by atoms with E-state index in [1.165, 1.54) is 29.5 Å². The number of aryl methyl sites for hydroxylation is 1. The number of alkyl halides is 1. The molecule has 0 bridgehead atoms. The van der Waals surface area contributed by atoms with Crippen molar-refractivity contribution in [2.45, 2.75) is 106 Å². The maximum Gasteiger partial charge on any atom is 0.132 e. The quantitative estimate of drug-likeness (QED) is 0.264. The number of nitrogens with one attached hydrogen (secondary N) is 1. The normalized spacial score (nSPS) is 34.0. The van der Waals surface area contributed by atoms with E-state index in [1.807, 2.05) is 31.2 Å². The van der Waals surface area contributed by atoms with Gasteiger partial charge < -0.3 is 34.8 Å². The average molecular weight is 701 g/mol. The summed E-state index contributed by atoms with van der Waals surface area (Å²) < 4.78 is 47.4. The fraction of sp³-hybridized carbons (Fsp3) is 0.579. The van der Waals surface area contributed by atoms with Gasteiger partial charge in [-0.3, -0.25) is 4.90 Å². The Kier molecular flexibility index (Phi) is 12.1. The van der Waals surface area contributed by atoms with Crippen LogP contribution in [0.2, 0.25) is 0 Å². The number of allylic oxidation sites excluding steroid dienone is 3. The first-order valence-electron chi connectivity index (χ1n) is 17.6. The van der Waals surface area contributed by atoms with Crippen molar-refractivity contribution in [3.63, 3.8) is 0 Å². The van der Waals surface area contributed by atoms with Crippen molar-refractivity contribution in [2.24, 2.45) is 0 Å². The van der Waals surface area contributed by atoms with Gasteiger partial charge in [-0.2, -0.15) is 0 Å². The van der Waals surface area contributed by atoms with Crippen LogP contribution in [-0.4, -0.2) is 107 Å². The molecule has 0 saturated carbocycles. The Morgan fingerprint density at radius 3 is 2.55 bits per heavy atom. The fourth-order valence-electron chi connectivity index (χ4n) is 7.72. The second-order valence-electron chi connectivity index (χ2n) is 13.6. The van der Waals surface area contributed by atoms with Crippen LogP contribution in [0, 0.1) is 0 Å². The summed E-state index contributed by atoms with van der Waals surface area (Å²) in [7, 11) is 0. The number of hydrogen-bond donors (Lipinski definition) is 4. The number of ether oxygens (including phenoxy) is 3. The predicted octanol–water partition coefficient (Wildman–Crippen LogP) is 4.79. The number of hydrogen-bond acceptors (Lipinski definition) is 9. The third kappa shape index (κ3) is 8.25. The molecule has 3 saturated heterocycles. The number of likely N-dealkylation sites (tertiary alicyclic amines) is 1. The molecule has 0 spiro atoms. The molecule has 4 aliphatic rings. The van der Waals surface area contributed by atoms with Crippen molar-refractivity contribution in [1.82, 2.24) is 10.2 Å². The number of thioether (sulfide) groups is 1. The number of nitrogens with zero attached hydrogens (tertiary/aromatic N) is 1. The van der Waals surface area contributed by atoms with Crippen molar-refractivity contribution in [3.05, 3.63) is 88.3 Å². The molecule has 1 aliphatic carbocycles. The Hall–Kier alpha value is -2.35. The van der Waals surface area contributed by atoms with Gasteiger partial charge in [0.25, 0.3) is 0 Å². The minimum absolute atomic E-state index is 0.0409. The van der Waals surface area contributed by atoms with E-state index >= 15 is 0 Å². The lowest BCUT2D eigenvalue weighted by Crippen LogP contribution is -2.54. The maximum absolute atomic E-state index is 14.7. The second kappa shape index (κ2) is 16.3. The SMILES string of the molecule is CCNC1C[C@H](N2CC[C@H](Oc3ccc(Cc4cc([C@@H]5O[C@H](SC)[C@@H](O)[C@H](O)[C@H]5O)ccc4CC)cc3)C2)CO[C@@H]1C1=C(F)C=CC(F)C1. The van der Waals surface area contributed by atoms with Crippen molar-refractivity contribution in [1.29, 1.82) is 0 Å². The molecule has 268 valence electrons. The molecule has 10 atom stereocenters. The highest BCUT2D eigenvalue weighted by atomic mass is 32.2. The van der Waals surface area contributed by atoms with Gasteiger partial charge in [0.1, 0.15) is 53.7 Å². The van der Waals surface area contributed by atoms with Gasteiger partial charge in [0, 0.05) is 31.6 Å². The molecule has 0 aromatic heterocycles. The predicted molar refractivity (Wildman–Crippen MR) is 187 cm³/mol. The lowest BCUT2D eigenvalue weighted by atomic mass is 9.88. The molecule has 49 heavy (non-hydrogen) atoms. The molecule has 2 unspecified atom stereocenters. The Labute approximate surface area is 292 Å². The summed E-state index contributed by atoms with van der Waals surface area (Å²) >= 11 is 1.31. The first-order chi connectivity index (χ1) is 23.7. The van der Waals surface area contributed by atoms with Crippen molar-refractivity contribution in [2.75, 3.05) is 32.5 Å². The summed E-state index contributed by atoms with van der Waals surface area (Å²) in [5, 5.41) is 34.9. The number of rotatable bonds is 11. The molecule has 4 N–H and O–H groups in total.